The van der Waals surface area contributed by atoms with Gasteiger partial charge in [-0.1, -0.05) is 37.1 Å². The molecule has 12 nitrogen and oxygen atoms in total. The number of nitrogens with one attached hydrogen (secondary N) is 2. The third-order valence-corrected chi connectivity index (χ3v) is 9.68. The molecule has 0 aromatic heterocycles. The molecule has 0 unspecified atom stereocenters. The molecule has 0 radical (unpaired) electrons. The molecular formula is C33H44FN5O7. The fraction of sp³-hybridized carbons (Fsp3) is 0.606. The maximum atomic E-state index is 14.3. The number of aliphatic carboxylic acids is 1. The molecule has 5 atom stereocenters. The highest BCUT2D eigenvalue weighted by Gasteiger charge is 2.61. The summed E-state index contributed by atoms with van der Waals surface area (Å²) < 4.78 is 20.1. The zero-order chi connectivity index (χ0) is 33.4. The smallest absolute Gasteiger partial charge is 0.410 e. The second-order valence-electron chi connectivity index (χ2n) is 13.9. The topological polar surface area (TPSA) is 149 Å². The summed E-state index contributed by atoms with van der Waals surface area (Å²) in [4.78, 5) is 70.9. The Morgan fingerprint density at radius 1 is 1.15 bits per heavy atom. The van der Waals surface area contributed by atoms with Gasteiger partial charge in [-0.3, -0.25) is 14.5 Å². The van der Waals surface area contributed by atoms with E-state index in [1.807, 2.05) is 32.9 Å². The van der Waals surface area contributed by atoms with Crippen LogP contribution in [0.2, 0.25) is 0 Å². The van der Waals surface area contributed by atoms with E-state index in [0.29, 0.717) is 24.0 Å². The highest BCUT2D eigenvalue weighted by molar-refractivity contribution is 5.96. The molecule has 5 amide bonds. The molecular weight excluding hydrogens is 597 g/mol. The average molecular weight is 642 g/mol. The van der Waals surface area contributed by atoms with Crippen molar-refractivity contribution < 1.29 is 38.2 Å². The number of fused-ring (bicyclic) bond motifs is 3. The lowest BCUT2D eigenvalue weighted by Gasteiger charge is -2.34. The number of urea groups is 1. The summed E-state index contributed by atoms with van der Waals surface area (Å²) in [5.74, 6) is -3.11. The molecule has 3 N–H and O–H groups in total. The molecule has 1 saturated carbocycles. The number of hydrogen-bond donors (Lipinski definition) is 3. The maximum Gasteiger partial charge on any atom is 0.410 e. The van der Waals surface area contributed by atoms with Crippen LogP contribution in [0, 0.1) is 11.7 Å². The molecule has 1 saturated heterocycles. The molecule has 5 rings (SSSR count). The zero-order valence-corrected chi connectivity index (χ0v) is 26.9. The van der Waals surface area contributed by atoms with Crippen LogP contribution in [0.4, 0.5) is 14.0 Å². The summed E-state index contributed by atoms with van der Waals surface area (Å²) in [6.45, 7) is 5.68. The quantitative estimate of drug-likeness (QED) is 0.428. The normalized spacial score (nSPS) is 28.2. The van der Waals surface area contributed by atoms with Crippen molar-refractivity contribution in [1.82, 2.24) is 25.3 Å². The Morgan fingerprint density at radius 3 is 2.61 bits per heavy atom. The third-order valence-electron chi connectivity index (χ3n) is 9.68. The molecule has 0 bridgehead atoms. The van der Waals surface area contributed by atoms with Gasteiger partial charge in [0.05, 0.1) is 13.1 Å². The summed E-state index contributed by atoms with van der Waals surface area (Å²) in [7, 11) is 1.64. The van der Waals surface area contributed by atoms with Crippen LogP contribution >= 0.6 is 0 Å². The van der Waals surface area contributed by atoms with Gasteiger partial charge < -0.3 is 30.3 Å². The molecule has 46 heavy (non-hydrogen) atoms. The Bertz CT molecular complexity index is 1430. The van der Waals surface area contributed by atoms with Crippen LogP contribution in [0.1, 0.15) is 76.8 Å². The van der Waals surface area contributed by atoms with Gasteiger partial charge in [0.25, 0.3) is 0 Å². The van der Waals surface area contributed by atoms with Crippen molar-refractivity contribution in [2.45, 2.75) is 108 Å². The number of nitrogens with zero attached hydrogens (tertiary/aromatic N) is 3. The highest BCUT2D eigenvalue weighted by Crippen LogP contribution is 2.45. The summed E-state index contributed by atoms with van der Waals surface area (Å²) >= 11 is 0. The molecule has 0 spiro atoms. The number of carboxylic acids is 1. The molecule has 3 aliphatic heterocycles. The van der Waals surface area contributed by atoms with E-state index in [1.165, 1.54) is 20.8 Å². The first-order valence-corrected chi connectivity index (χ1v) is 16.0. The Kier molecular flexibility index (Phi) is 9.33. The monoisotopic (exact) mass is 641 g/mol. The van der Waals surface area contributed by atoms with Crippen molar-refractivity contribution in [3.8, 4) is 0 Å². The number of allylic oxidation sites excluding steroid dienone is 1. The summed E-state index contributed by atoms with van der Waals surface area (Å²) in [6.07, 6.45) is 5.66. The Labute approximate surface area is 268 Å². The van der Waals surface area contributed by atoms with Gasteiger partial charge in [0.1, 0.15) is 29.5 Å². The zero-order valence-electron chi connectivity index (χ0n) is 26.9. The fourth-order valence-corrected chi connectivity index (χ4v) is 6.42. The van der Waals surface area contributed by atoms with Crippen molar-refractivity contribution in [3.63, 3.8) is 0 Å². The first-order chi connectivity index (χ1) is 21.7. The van der Waals surface area contributed by atoms with Crippen LogP contribution in [-0.4, -0.2) is 92.6 Å². The second-order valence-corrected chi connectivity index (χ2v) is 13.9. The molecule has 1 aromatic rings. The van der Waals surface area contributed by atoms with Crippen molar-refractivity contribution >= 4 is 29.9 Å². The minimum Gasteiger partial charge on any atom is -0.479 e. The van der Waals surface area contributed by atoms with Gasteiger partial charge in [-0.15, -0.1) is 0 Å². The van der Waals surface area contributed by atoms with Crippen molar-refractivity contribution in [2.75, 3.05) is 13.6 Å². The van der Waals surface area contributed by atoms with E-state index in [2.05, 4.69) is 10.6 Å². The number of ether oxygens (including phenoxy) is 1. The van der Waals surface area contributed by atoms with E-state index < -0.39 is 65.0 Å². The van der Waals surface area contributed by atoms with E-state index in [4.69, 9.17) is 4.74 Å². The van der Waals surface area contributed by atoms with Crippen molar-refractivity contribution in [3.05, 3.63) is 47.3 Å². The lowest BCUT2D eigenvalue weighted by molar-refractivity contribution is -0.145. The number of amides is 5. The molecule has 1 aromatic carbocycles. The van der Waals surface area contributed by atoms with Crippen LogP contribution in [0.15, 0.2) is 30.4 Å². The lowest BCUT2D eigenvalue weighted by Crippen LogP contribution is -2.58. The summed E-state index contributed by atoms with van der Waals surface area (Å²) in [5, 5.41) is 15.6. The number of carbonyl (C=O) groups excluding carboxylic acids is 4. The average Bonchev–Trinajstić information content (AvgIpc) is 3.30. The molecule has 3 heterocycles. The van der Waals surface area contributed by atoms with Crippen LogP contribution in [0.25, 0.3) is 0 Å². The van der Waals surface area contributed by atoms with Crippen LogP contribution in [0.3, 0.4) is 0 Å². The van der Waals surface area contributed by atoms with Crippen LogP contribution < -0.4 is 10.6 Å². The van der Waals surface area contributed by atoms with Gasteiger partial charge in [0, 0.05) is 37.0 Å². The van der Waals surface area contributed by atoms with Gasteiger partial charge >= 0.3 is 18.1 Å². The molecule has 2 fully saturated rings. The van der Waals surface area contributed by atoms with Crippen molar-refractivity contribution in [1.29, 1.82) is 0 Å². The van der Waals surface area contributed by atoms with Gasteiger partial charge in [-0.2, -0.15) is 0 Å². The molecule has 250 valence electrons. The lowest BCUT2D eigenvalue weighted by atomic mass is 10.0. The van der Waals surface area contributed by atoms with E-state index in [9.17, 15) is 33.5 Å². The predicted octanol–water partition coefficient (Wildman–Crippen LogP) is 3.54. The summed E-state index contributed by atoms with van der Waals surface area (Å²) in [6, 6.07) is 2.12. The third kappa shape index (κ3) is 6.82. The Hall–Kier alpha value is -4.16. The van der Waals surface area contributed by atoms with E-state index in [0.717, 1.165) is 19.3 Å². The minimum atomic E-state index is -1.48. The predicted molar refractivity (Wildman–Crippen MR) is 165 cm³/mol. The number of carbonyl (C=O) groups is 5. The maximum absolute atomic E-state index is 14.3. The van der Waals surface area contributed by atoms with Gasteiger partial charge in [0.2, 0.25) is 11.8 Å². The Balaban J connectivity index is 1.38. The summed E-state index contributed by atoms with van der Waals surface area (Å²) in [5.41, 5.74) is -0.903. The number of benzene rings is 1. The number of halogens is 1. The molecule has 4 aliphatic rings. The highest BCUT2D eigenvalue weighted by atomic mass is 19.1. The van der Waals surface area contributed by atoms with Crippen LogP contribution in [-0.2, 0) is 32.2 Å². The van der Waals surface area contributed by atoms with Gasteiger partial charge in [-0.25, -0.2) is 18.8 Å². The minimum absolute atomic E-state index is 0.0333. The largest absolute Gasteiger partial charge is 0.479 e. The number of carboxylic acid groups (broad SMARTS) is 1. The Morgan fingerprint density at radius 2 is 1.91 bits per heavy atom. The SMILES string of the molecule is CN(C(=O)N[C@H]1CCCCCC=C[C@@H]2C[C@@]2(C(=O)O)NC(=O)[C@@H]2C[C@@H](OC(=O)N3Cc4cccc(F)c4C3)CN2C1=O)C(C)(C)C. The fourth-order valence-electron chi connectivity index (χ4n) is 6.42. The van der Waals surface area contributed by atoms with Crippen molar-refractivity contribution in [2.24, 2.45) is 5.92 Å². The van der Waals surface area contributed by atoms with E-state index in [1.54, 1.807) is 19.2 Å². The first-order valence-electron chi connectivity index (χ1n) is 16.0. The number of rotatable bonds is 3. The standard InChI is InChI=1S/C33H44FN5O7/c1-32(2,3)37(4)30(44)35-25-14-9-7-5-6-8-12-21-16-33(21,29(42)43)36-27(40)26-15-22(18-39(26)28(25)41)46-31(45)38-17-20-11-10-13-24(34)23(20)19-38/h8,10-13,21-22,25-26H,5-7,9,14-19H2,1-4H3,(H,35,44)(H,36,40)(H,42,43)/t21-,22-,25+,26+,33-/m1/s1. The molecule has 13 heteroatoms. The van der Waals surface area contributed by atoms with E-state index >= 15 is 0 Å². The second kappa shape index (κ2) is 12.9. The van der Waals surface area contributed by atoms with Gasteiger partial charge in [-0.05, 0) is 58.1 Å². The molecule has 1 aliphatic carbocycles. The first kappa shape index (κ1) is 33.2. The number of hydrogen-bond acceptors (Lipinski definition) is 6. The van der Waals surface area contributed by atoms with Gasteiger partial charge in [0.15, 0.2) is 0 Å². The van der Waals surface area contributed by atoms with Crippen LogP contribution in [0.5, 0.6) is 0 Å². The van der Waals surface area contributed by atoms with E-state index in [-0.39, 0.29) is 38.4 Å².